The number of aliphatic hydroxyl groups is 1. The number of aliphatic carboxylic acids is 1. The molecule has 12 heavy (non-hydrogen) atoms. The molecule has 0 aliphatic rings. The van der Waals surface area contributed by atoms with Crippen molar-refractivity contribution in [2.24, 2.45) is 4.99 Å². The van der Waals surface area contributed by atoms with E-state index in [2.05, 4.69) is 4.99 Å². The number of nitrogens with zero attached hydrogens (tertiary/aromatic N) is 1. The first kappa shape index (κ1) is 10.8. The Kier molecular flexibility index (Phi) is 4.96. The molecule has 0 amide bonds. The molecule has 0 radical (unpaired) electrons. The molecule has 4 nitrogen and oxygen atoms in total. The number of carbonyl (C=O) groups is 1. The Hall–Kier alpha value is -1.16. The molecule has 0 bridgehead atoms. The molecule has 0 rings (SSSR count). The van der Waals surface area contributed by atoms with Crippen LogP contribution in [0.3, 0.4) is 0 Å². The van der Waals surface area contributed by atoms with Gasteiger partial charge in [-0.1, -0.05) is 6.08 Å². The predicted octanol–water partition coefficient (Wildman–Crippen LogP) is 0.470. The molecule has 0 atom stereocenters. The Balaban J connectivity index is 4.60. The maximum atomic E-state index is 10.6. The van der Waals surface area contributed by atoms with Gasteiger partial charge in [-0.05, 0) is 6.92 Å². The van der Waals surface area contributed by atoms with Crippen LogP contribution in [0.1, 0.15) is 13.3 Å². The molecule has 0 aliphatic heterocycles. The van der Waals surface area contributed by atoms with E-state index in [1.54, 1.807) is 6.92 Å². The Morgan fingerprint density at radius 2 is 2.17 bits per heavy atom. The van der Waals surface area contributed by atoms with E-state index in [0.29, 0.717) is 5.71 Å². The maximum Gasteiger partial charge on any atom is 0.337 e. The van der Waals surface area contributed by atoms with Crippen molar-refractivity contribution in [2.45, 2.75) is 13.3 Å². The van der Waals surface area contributed by atoms with Crippen molar-refractivity contribution in [1.29, 1.82) is 0 Å². The summed E-state index contributed by atoms with van der Waals surface area (Å²) in [6.45, 7) is 1.54. The summed E-state index contributed by atoms with van der Waals surface area (Å²) in [6.07, 6.45) is 1.75. The van der Waals surface area contributed by atoms with Crippen LogP contribution in [-0.2, 0) is 4.79 Å². The van der Waals surface area contributed by atoms with E-state index in [4.69, 9.17) is 10.2 Å². The fraction of sp³-hybridized carbons (Fsp3) is 0.500. The number of hydrogen-bond acceptors (Lipinski definition) is 3. The molecule has 4 heteroatoms. The molecular weight excluding hydrogens is 158 g/mol. The van der Waals surface area contributed by atoms with Gasteiger partial charge >= 0.3 is 5.97 Å². The number of aliphatic hydroxyl groups excluding tert-OH is 1. The van der Waals surface area contributed by atoms with Crippen molar-refractivity contribution in [1.82, 2.24) is 0 Å². The number of aliphatic imine (C=N–C) groups is 1. The van der Waals surface area contributed by atoms with Gasteiger partial charge in [0.25, 0.3) is 0 Å². The van der Waals surface area contributed by atoms with E-state index < -0.39 is 5.97 Å². The van der Waals surface area contributed by atoms with Gasteiger partial charge < -0.3 is 10.2 Å². The molecule has 0 aliphatic carbocycles. The van der Waals surface area contributed by atoms with Gasteiger partial charge in [0.05, 0.1) is 11.3 Å². The molecule has 2 N–H and O–H groups in total. The number of rotatable bonds is 4. The molecule has 0 aromatic rings. The topological polar surface area (TPSA) is 69.9 Å². The van der Waals surface area contributed by atoms with Crippen molar-refractivity contribution in [3.63, 3.8) is 0 Å². The highest BCUT2D eigenvalue weighted by Gasteiger charge is 2.11. The Morgan fingerprint density at radius 3 is 2.42 bits per heavy atom. The van der Waals surface area contributed by atoms with Gasteiger partial charge in [0.15, 0.2) is 0 Å². The fourth-order valence-corrected chi connectivity index (χ4v) is 0.886. The summed E-state index contributed by atoms with van der Waals surface area (Å²) in [7, 11) is 1.51. The zero-order valence-corrected chi connectivity index (χ0v) is 7.24. The minimum Gasteiger partial charge on any atom is -0.478 e. The molecule has 0 aromatic heterocycles. The summed E-state index contributed by atoms with van der Waals surface area (Å²) in [5.74, 6) is -1.01. The van der Waals surface area contributed by atoms with Gasteiger partial charge in [0.2, 0.25) is 0 Å². The van der Waals surface area contributed by atoms with Gasteiger partial charge in [-0.25, -0.2) is 4.79 Å². The molecule has 0 saturated heterocycles. The highest BCUT2D eigenvalue weighted by atomic mass is 16.4. The second-order valence-electron chi connectivity index (χ2n) is 2.15. The number of hydrogen-bond donors (Lipinski definition) is 2. The number of carboxylic acid groups (broad SMARTS) is 1. The summed E-state index contributed by atoms with van der Waals surface area (Å²) in [5.41, 5.74) is 0.582. The second-order valence-corrected chi connectivity index (χ2v) is 2.15. The predicted molar refractivity (Wildman–Crippen MR) is 46.5 cm³/mol. The van der Waals surface area contributed by atoms with Gasteiger partial charge in [-0.15, -0.1) is 0 Å². The van der Waals surface area contributed by atoms with Crippen LogP contribution in [0.4, 0.5) is 0 Å². The summed E-state index contributed by atoms with van der Waals surface area (Å²) in [6, 6.07) is 0. The zero-order valence-electron chi connectivity index (χ0n) is 7.24. The van der Waals surface area contributed by atoms with Crippen LogP contribution in [-0.4, -0.2) is 35.5 Å². The lowest BCUT2D eigenvalue weighted by Crippen LogP contribution is -2.13. The van der Waals surface area contributed by atoms with Crippen LogP contribution < -0.4 is 0 Å². The lowest BCUT2D eigenvalue weighted by atomic mass is 10.1. The van der Waals surface area contributed by atoms with Crippen LogP contribution in [0.5, 0.6) is 0 Å². The fourth-order valence-electron chi connectivity index (χ4n) is 0.886. The summed E-state index contributed by atoms with van der Waals surface area (Å²) >= 11 is 0. The van der Waals surface area contributed by atoms with Crippen molar-refractivity contribution in [2.75, 3.05) is 13.7 Å². The van der Waals surface area contributed by atoms with E-state index in [1.807, 2.05) is 0 Å². The standard InChI is InChI=1S/C8H13NO3/c1-3-6(8(11)12)7(9-2)4-5-10/h3,10H,4-5H2,1-2H3,(H,11,12)/b6-3+,9-7?. The third-order valence-electron chi connectivity index (χ3n) is 1.45. The Morgan fingerprint density at radius 1 is 1.58 bits per heavy atom. The lowest BCUT2D eigenvalue weighted by Gasteiger charge is -2.03. The van der Waals surface area contributed by atoms with E-state index in [-0.39, 0.29) is 18.6 Å². The average molecular weight is 171 g/mol. The average Bonchev–Trinajstić information content (AvgIpc) is 2.03. The normalized spacial score (nSPS) is 13.2. The van der Waals surface area contributed by atoms with Crippen molar-refractivity contribution in [3.05, 3.63) is 11.6 Å². The maximum absolute atomic E-state index is 10.6. The highest BCUT2D eigenvalue weighted by Crippen LogP contribution is 2.02. The quantitative estimate of drug-likeness (QED) is 0.477. The number of allylic oxidation sites excluding steroid dienone is 1. The molecule has 0 spiro atoms. The van der Waals surface area contributed by atoms with Crippen LogP contribution in [0.2, 0.25) is 0 Å². The smallest absolute Gasteiger partial charge is 0.337 e. The third kappa shape index (κ3) is 2.84. The van der Waals surface area contributed by atoms with E-state index in [1.165, 1.54) is 13.1 Å². The monoisotopic (exact) mass is 171 g/mol. The Labute approximate surface area is 71.2 Å². The van der Waals surface area contributed by atoms with Crippen LogP contribution >= 0.6 is 0 Å². The van der Waals surface area contributed by atoms with E-state index in [0.717, 1.165) is 0 Å². The minimum atomic E-state index is -1.01. The zero-order chi connectivity index (χ0) is 9.56. The summed E-state index contributed by atoms with van der Waals surface area (Å²) < 4.78 is 0. The minimum absolute atomic E-state index is 0.0860. The van der Waals surface area contributed by atoms with Crippen molar-refractivity contribution >= 4 is 11.7 Å². The SMILES string of the molecule is C/C=C(/C(=O)O)C(CCO)=NC. The summed E-state index contributed by atoms with van der Waals surface area (Å²) in [5, 5.41) is 17.3. The van der Waals surface area contributed by atoms with Crippen LogP contribution in [0.25, 0.3) is 0 Å². The van der Waals surface area contributed by atoms with Crippen LogP contribution in [0, 0.1) is 0 Å². The van der Waals surface area contributed by atoms with Crippen molar-refractivity contribution in [3.8, 4) is 0 Å². The lowest BCUT2D eigenvalue weighted by molar-refractivity contribution is -0.132. The molecule has 0 unspecified atom stereocenters. The van der Waals surface area contributed by atoms with Gasteiger partial charge in [0.1, 0.15) is 0 Å². The van der Waals surface area contributed by atoms with E-state index >= 15 is 0 Å². The molecule has 0 aromatic carbocycles. The second kappa shape index (κ2) is 5.49. The molecule has 68 valence electrons. The van der Waals surface area contributed by atoms with Crippen LogP contribution in [0.15, 0.2) is 16.6 Å². The largest absolute Gasteiger partial charge is 0.478 e. The molecule has 0 fully saturated rings. The molecule has 0 saturated carbocycles. The van der Waals surface area contributed by atoms with Crippen molar-refractivity contribution < 1.29 is 15.0 Å². The first-order valence-corrected chi connectivity index (χ1v) is 3.63. The van der Waals surface area contributed by atoms with Gasteiger partial charge in [-0.3, -0.25) is 4.99 Å². The highest BCUT2D eigenvalue weighted by molar-refractivity contribution is 6.19. The van der Waals surface area contributed by atoms with E-state index in [9.17, 15) is 4.79 Å². The third-order valence-corrected chi connectivity index (χ3v) is 1.45. The first-order valence-electron chi connectivity index (χ1n) is 3.63. The number of carboxylic acids is 1. The van der Waals surface area contributed by atoms with Gasteiger partial charge in [0, 0.05) is 20.1 Å². The first-order chi connectivity index (χ1) is 5.67. The summed E-state index contributed by atoms with van der Waals surface area (Å²) in [4.78, 5) is 14.4. The van der Waals surface area contributed by atoms with Gasteiger partial charge in [-0.2, -0.15) is 0 Å². The molecule has 0 heterocycles. The Bertz CT molecular complexity index is 218. The molecular formula is C8H13NO3.